The van der Waals surface area contributed by atoms with Gasteiger partial charge in [0.2, 0.25) is 5.90 Å². The molecule has 0 fully saturated rings. The Balaban J connectivity index is 2.91. The van der Waals surface area contributed by atoms with Crippen LogP contribution in [-0.4, -0.2) is 12.5 Å². The lowest BCUT2D eigenvalue weighted by molar-refractivity contribution is -0.139. The number of benzene rings is 1. The number of alkyl halides is 3. The molecule has 1 rings (SSSR count). The highest BCUT2D eigenvalue weighted by Gasteiger charge is 2.34. The molecule has 0 radical (unpaired) electrons. The second kappa shape index (κ2) is 6.28. The molecule has 0 saturated carbocycles. The Morgan fingerprint density at radius 3 is 2.44 bits per heavy atom. The third-order valence-corrected chi connectivity index (χ3v) is 2.05. The molecule has 0 spiro atoms. The maximum atomic E-state index is 12.6. The molecule has 0 amide bonds. The normalized spacial score (nSPS) is 12.4. The van der Waals surface area contributed by atoms with Crippen molar-refractivity contribution in [1.82, 2.24) is 0 Å². The van der Waals surface area contributed by atoms with Gasteiger partial charge in [-0.3, -0.25) is 0 Å². The van der Waals surface area contributed by atoms with E-state index in [-0.39, 0.29) is 11.6 Å². The van der Waals surface area contributed by atoms with Crippen molar-refractivity contribution < 1.29 is 22.7 Å². The number of ether oxygens (including phenoxy) is 1. The first-order chi connectivity index (χ1) is 8.49. The largest absolute Gasteiger partial charge is 0.479 e. The van der Waals surface area contributed by atoms with Crippen LogP contribution in [0.15, 0.2) is 29.4 Å². The van der Waals surface area contributed by atoms with Crippen LogP contribution in [0.25, 0.3) is 0 Å². The SMILES string of the molecule is CCO/C(CC)=N/Oc1ccccc1C(F)(F)F. The van der Waals surface area contributed by atoms with Crippen molar-refractivity contribution in [1.29, 1.82) is 0 Å². The summed E-state index contributed by atoms with van der Waals surface area (Å²) < 4.78 is 43.0. The van der Waals surface area contributed by atoms with Crippen LogP contribution in [0, 0.1) is 0 Å². The summed E-state index contributed by atoms with van der Waals surface area (Å²) in [6, 6.07) is 4.90. The van der Waals surface area contributed by atoms with E-state index in [1.807, 2.05) is 0 Å². The number of oxime groups is 1. The van der Waals surface area contributed by atoms with Gasteiger partial charge in [-0.1, -0.05) is 19.1 Å². The molecule has 0 heterocycles. The van der Waals surface area contributed by atoms with E-state index in [1.54, 1.807) is 13.8 Å². The van der Waals surface area contributed by atoms with Crippen LogP contribution >= 0.6 is 0 Å². The van der Waals surface area contributed by atoms with Crippen LogP contribution < -0.4 is 4.84 Å². The number of para-hydroxylation sites is 1. The minimum Gasteiger partial charge on any atom is -0.479 e. The fourth-order valence-electron chi connectivity index (χ4n) is 1.24. The van der Waals surface area contributed by atoms with Crippen molar-refractivity contribution in [3.05, 3.63) is 29.8 Å². The van der Waals surface area contributed by atoms with Crippen molar-refractivity contribution >= 4 is 5.90 Å². The number of hydrogen-bond donors (Lipinski definition) is 0. The van der Waals surface area contributed by atoms with Crippen molar-refractivity contribution in [2.45, 2.75) is 26.4 Å². The molecule has 0 aliphatic rings. The summed E-state index contributed by atoms with van der Waals surface area (Å²) in [6.45, 7) is 3.92. The Hall–Kier alpha value is -1.72. The van der Waals surface area contributed by atoms with E-state index in [1.165, 1.54) is 18.2 Å². The molecule has 0 aliphatic carbocycles. The zero-order valence-electron chi connectivity index (χ0n) is 10.1. The van der Waals surface area contributed by atoms with E-state index in [2.05, 4.69) is 5.16 Å². The molecule has 0 aliphatic heterocycles. The van der Waals surface area contributed by atoms with E-state index in [0.717, 1.165) is 6.07 Å². The topological polar surface area (TPSA) is 30.8 Å². The second-order valence-corrected chi connectivity index (χ2v) is 3.36. The predicted octanol–water partition coefficient (Wildman–Crippen LogP) is 3.84. The third kappa shape index (κ3) is 3.94. The van der Waals surface area contributed by atoms with E-state index in [0.29, 0.717) is 13.0 Å². The Kier molecular flexibility index (Phi) is 5.00. The highest BCUT2D eigenvalue weighted by Crippen LogP contribution is 2.35. The molecule has 6 heteroatoms. The van der Waals surface area contributed by atoms with Crippen molar-refractivity contribution in [2.24, 2.45) is 5.16 Å². The lowest BCUT2D eigenvalue weighted by atomic mass is 10.2. The molecule has 3 nitrogen and oxygen atoms in total. The third-order valence-electron chi connectivity index (χ3n) is 2.05. The average Bonchev–Trinajstić information content (AvgIpc) is 2.33. The molecule has 1 aromatic rings. The van der Waals surface area contributed by atoms with Crippen LogP contribution in [0.1, 0.15) is 25.8 Å². The summed E-state index contributed by atoms with van der Waals surface area (Å²) in [5.41, 5.74) is -0.860. The summed E-state index contributed by atoms with van der Waals surface area (Å²) in [7, 11) is 0. The van der Waals surface area contributed by atoms with Gasteiger partial charge in [0.15, 0.2) is 5.75 Å². The smallest absolute Gasteiger partial charge is 0.420 e. The van der Waals surface area contributed by atoms with Crippen LogP contribution in [0.5, 0.6) is 5.75 Å². The molecule has 0 unspecified atom stereocenters. The number of rotatable bonds is 4. The van der Waals surface area contributed by atoms with Gasteiger partial charge < -0.3 is 9.57 Å². The Labute approximate surface area is 103 Å². The van der Waals surface area contributed by atoms with Gasteiger partial charge in [0.1, 0.15) is 5.56 Å². The van der Waals surface area contributed by atoms with Gasteiger partial charge in [0, 0.05) is 6.42 Å². The second-order valence-electron chi connectivity index (χ2n) is 3.36. The molecular formula is C12H14F3NO2. The maximum Gasteiger partial charge on any atom is 0.420 e. The Morgan fingerprint density at radius 2 is 1.89 bits per heavy atom. The van der Waals surface area contributed by atoms with Crippen LogP contribution in [0.3, 0.4) is 0 Å². The molecule has 1 aromatic carbocycles. The summed E-state index contributed by atoms with van der Waals surface area (Å²) >= 11 is 0. The van der Waals surface area contributed by atoms with E-state index >= 15 is 0 Å². The van der Waals surface area contributed by atoms with Gasteiger partial charge in [-0.25, -0.2) is 0 Å². The zero-order valence-corrected chi connectivity index (χ0v) is 10.1. The van der Waals surface area contributed by atoms with Gasteiger partial charge in [-0.05, 0) is 24.2 Å². The molecule has 18 heavy (non-hydrogen) atoms. The Morgan fingerprint density at radius 1 is 1.22 bits per heavy atom. The van der Waals surface area contributed by atoms with Gasteiger partial charge in [0.25, 0.3) is 0 Å². The van der Waals surface area contributed by atoms with E-state index in [4.69, 9.17) is 9.57 Å². The van der Waals surface area contributed by atoms with Gasteiger partial charge in [-0.15, -0.1) is 0 Å². The molecular weight excluding hydrogens is 247 g/mol. The van der Waals surface area contributed by atoms with Gasteiger partial charge in [-0.2, -0.15) is 13.2 Å². The molecule has 0 aromatic heterocycles. The molecule has 0 bridgehead atoms. The van der Waals surface area contributed by atoms with Gasteiger partial charge in [0.05, 0.1) is 6.61 Å². The minimum atomic E-state index is -4.47. The van der Waals surface area contributed by atoms with E-state index < -0.39 is 11.7 Å². The quantitative estimate of drug-likeness (QED) is 0.468. The number of nitrogens with zero attached hydrogens (tertiary/aromatic N) is 1. The number of halogens is 3. The lowest BCUT2D eigenvalue weighted by Gasteiger charge is -2.11. The fourth-order valence-corrected chi connectivity index (χ4v) is 1.24. The average molecular weight is 261 g/mol. The number of hydrogen-bond acceptors (Lipinski definition) is 3. The molecule has 0 atom stereocenters. The maximum absolute atomic E-state index is 12.6. The van der Waals surface area contributed by atoms with Crippen molar-refractivity contribution in [3.63, 3.8) is 0 Å². The lowest BCUT2D eigenvalue weighted by Crippen LogP contribution is -2.09. The monoisotopic (exact) mass is 261 g/mol. The van der Waals surface area contributed by atoms with Crippen LogP contribution in [-0.2, 0) is 10.9 Å². The summed E-state index contributed by atoms with van der Waals surface area (Å²) in [5.74, 6) is -0.0786. The molecule has 0 saturated heterocycles. The molecule has 0 N–H and O–H groups in total. The van der Waals surface area contributed by atoms with E-state index in [9.17, 15) is 13.2 Å². The molecule has 100 valence electrons. The van der Waals surface area contributed by atoms with Crippen molar-refractivity contribution in [3.8, 4) is 5.75 Å². The standard InChI is InChI=1S/C12H14F3NO2/c1-3-11(17-4-2)16-18-10-8-6-5-7-9(10)12(13,14)15/h5-8H,3-4H2,1-2H3/b16-11+. The first-order valence-corrected chi connectivity index (χ1v) is 5.52. The zero-order chi connectivity index (χ0) is 13.6. The van der Waals surface area contributed by atoms with Gasteiger partial charge >= 0.3 is 6.18 Å². The van der Waals surface area contributed by atoms with Crippen molar-refractivity contribution in [2.75, 3.05) is 6.61 Å². The predicted molar refractivity (Wildman–Crippen MR) is 61.4 cm³/mol. The van der Waals surface area contributed by atoms with Crippen LogP contribution in [0.2, 0.25) is 0 Å². The summed E-state index contributed by atoms with van der Waals surface area (Å²) in [5, 5.41) is 3.57. The highest BCUT2D eigenvalue weighted by molar-refractivity contribution is 5.75. The Bertz CT molecular complexity index is 416. The fraction of sp³-hybridized carbons (Fsp3) is 0.417. The summed E-state index contributed by atoms with van der Waals surface area (Å²) in [6.07, 6.45) is -4.02. The van der Waals surface area contributed by atoms with Crippen LogP contribution in [0.4, 0.5) is 13.2 Å². The summed E-state index contributed by atoms with van der Waals surface area (Å²) in [4.78, 5) is 4.81. The first-order valence-electron chi connectivity index (χ1n) is 5.52. The first kappa shape index (κ1) is 14.3. The highest BCUT2D eigenvalue weighted by atomic mass is 19.4. The minimum absolute atomic E-state index is 0.259.